The van der Waals surface area contributed by atoms with Gasteiger partial charge in [0.1, 0.15) is 5.76 Å². The van der Waals surface area contributed by atoms with E-state index < -0.39 is 5.91 Å². The third kappa shape index (κ3) is 2.77. The molecule has 1 aromatic rings. The highest BCUT2D eigenvalue weighted by atomic mass is 16.4. The zero-order chi connectivity index (χ0) is 14.0. The van der Waals surface area contributed by atoms with Gasteiger partial charge in [0.15, 0.2) is 5.76 Å². The lowest BCUT2D eigenvalue weighted by atomic mass is 10.1. The third-order valence-electron chi connectivity index (χ3n) is 3.37. The third-order valence-corrected chi connectivity index (χ3v) is 3.37. The molecule has 0 aromatic carbocycles. The number of nitrogen functional groups attached to an aromatic ring is 1. The average molecular weight is 266 g/mol. The number of carbonyl (C=O) groups excluding carboxylic acids is 2. The van der Waals surface area contributed by atoms with Gasteiger partial charge in [-0.15, -0.1) is 0 Å². The Kier molecular flexibility index (Phi) is 3.87. The largest absolute Gasteiger partial charge is 0.456 e. The maximum atomic E-state index is 11.6. The number of nitrogens with one attached hydrogen (secondary N) is 2. The summed E-state index contributed by atoms with van der Waals surface area (Å²) in [5.41, 5.74) is 2.92. The van der Waals surface area contributed by atoms with E-state index in [0.717, 1.165) is 12.1 Å². The first-order valence-electron chi connectivity index (χ1n) is 6.15. The number of piperazine rings is 1. The molecule has 0 spiro atoms. The first-order valence-corrected chi connectivity index (χ1v) is 6.15. The van der Waals surface area contributed by atoms with Crippen molar-refractivity contribution < 1.29 is 14.0 Å². The summed E-state index contributed by atoms with van der Waals surface area (Å²) >= 11 is 0. The summed E-state index contributed by atoms with van der Waals surface area (Å²) in [4.78, 5) is 25.0. The van der Waals surface area contributed by atoms with Crippen LogP contribution in [0.2, 0.25) is 0 Å². The summed E-state index contributed by atoms with van der Waals surface area (Å²) in [5.74, 6) is 5.47. The van der Waals surface area contributed by atoms with Crippen LogP contribution in [0.25, 0.3) is 0 Å². The van der Waals surface area contributed by atoms with Crippen LogP contribution in [0.1, 0.15) is 28.8 Å². The van der Waals surface area contributed by atoms with Gasteiger partial charge >= 0.3 is 5.91 Å². The Morgan fingerprint density at radius 1 is 1.68 bits per heavy atom. The molecule has 1 unspecified atom stereocenters. The van der Waals surface area contributed by atoms with Crippen LogP contribution in [0.5, 0.6) is 0 Å². The van der Waals surface area contributed by atoms with Crippen molar-refractivity contribution in [2.75, 3.05) is 13.1 Å². The first kappa shape index (κ1) is 13.6. The number of hydrogen-bond donors (Lipinski definition) is 3. The number of amides is 2. The summed E-state index contributed by atoms with van der Waals surface area (Å²) in [6.45, 7) is 5.63. The molecule has 0 saturated carbocycles. The Labute approximate surface area is 111 Å². The first-order chi connectivity index (χ1) is 9.02. The van der Waals surface area contributed by atoms with Crippen LogP contribution in [-0.2, 0) is 11.3 Å². The van der Waals surface area contributed by atoms with Gasteiger partial charge < -0.3 is 9.73 Å². The van der Waals surface area contributed by atoms with E-state index >= 15 is 0 Å². The van der Waals surface area contributed by atoms with Crippen molar-refractivity contribution in [3.8, 4) is 0 Å². The zero-order valence-corrected chi connectivity index (χ0v) is 11.0. The number of nitrogens with two attached hydrogens (primary N) is 1. The summed E-state index contributed by atoms with van der Waals surface area (Å²) in [7, 11) is 0. The van der Waals surface area contributed by atoms with Crippen LogP contribution < -0.4 is 16.6 Å². The Morgan fingerprint density at radius 3 is 3.11 bits per heavy atom. The Bertz CT molecular complexity index is 497. The number of rotatable bonds is 3. The van der Waals surface area contributed by atoms with E-state index in [2.05, 4.69) is 5.32 Å². The molecule has 7 heteroatoms. The molecule has 19 heavy (non-hydrogen) atoms. The van der Waals surface area contributed by atoms with Gasteiger partial charge in [0, 0.05) is 25.2 Å². The number of hydrogen-bond acceptors (Lipinski definition) is 5. The lowest BCUT2D eigenvalue weighted by Crippen LogP contribution is -2.53. The fraction of sp³-hybridized carbons (Fsp3) is 0.500. The normalized spacial score (nSPS) is 20.2. The van der Waals surface area contributed by atoms with E-state index in [-0.39, 0.29) is 17.7 Å². The Balaban J connectivity index is 2.12. The van der Waals surface area contributed by atoms with Gasteiger partial charge in [0.2, 0.25) is 5.91 Å². The number of nitrogens with zero attached hydrogens (tertiary/aromatic N) is 1. The number of carbonyl (C=O) groups is 2. The molecular formula is C12H18N4O3. The molecule has 0 aliphatic carbocycles. The Hall–Kier alpha value is -1.86. The fourth-order valence-corrected chi connectivity index (χ4v) is 2.12. The lowest BCUT2D eigenvalue weighted by molar-refractivity contribution is -0.128. The second kappa shape index (κ2) is 5.41. The van der Waals surface area contributed by atoms with Crippen molar-refractivity contribution in [3.63, 3.8) is 0 Å². The smallest absolute Gasteiger partial charge is 0.300 e. The number of furan rings is 1. The SMILES string of the molecule is Cc1oc(C(=O)NN)cc1CN1CCNC(=O)C1C. The minimum absolute atomic E-state index is 0.0207. The lowest BCUT2D eigenvalue weighted by Gasteiger charge is -2.32. The maximum Gasteiger partial charge on any atom is 0.300 e. The van der Waals surface area contributed by atoms with E-state index in [9.17, 15) is 9.59 Å². The van der Waals surface area contributed by atoms with E-state index in [1.54, 1.807) is 13.0 Å². The van der Waals surface area contributed by atoms with Crippen LogP contribution in [0.3, 0.4) is 0 Å². The topological polar surface area (TPSA) is 101 Å². The highest BCUT2D eigenvalue weighted by Crippen LogP contribution is 2.18. The van der Waals surface area contributed by atoms with E-state index in [1.807, 2.05) is 17.2 Å². The van der Waals surface area contributed by atoms with Crippen molar-refractivity contribution in [3.05, 3.63) is 23.2 Å². The maximum absolute atomic E-state index is 11.6. The molecule has 1 atom stereocenters. The van der Waals surface area contributed by atoms with Gasteiger partial charge in [0.05, 0.1) is 6.04 Å². The minimum atomic E-state index is -0.459. The van der Waals surface area contributed by atoms with Gasteiger partial charge in [-0.1, -0.05) is 0 Å². The molecule has 2 amide bonds. The summed E-state index contributed by atoms with van der Waals surface area (Å²) < 4.78 is 5.35. The van der Waals surface area contributed by atoms with Crippen molar-refractivity contribution >= 4 is 11.8 Å². The minimum Gasteiger partial charge on any atom is -0.456 e. The molecule has 104 valence electrons. The molecule has 1 saturated heterocycles. The second-order valence-corrected chi connectivity index (χ2v) is 4.60. The molecule has 1 aromatic heterocycles. The van der Waals surface area contributed by atoms with E-state index in [1.165, 1.54) is 0 Å². The van der Waals surface area contributed by atoms with E-state index in [4.69, 9.17) is 10.3 Å². The molecular weight excluding hydrogens is 248 g/mol. The molecule has 0 radical (unpaired) electrons. The molecule has 0 bridgehead atoms. The molecule has 2 rings (SSSR count). The standard InChI is InChI=1S/C12H18N4O3/c1-7-11(17)14-3-4-16(7)6-9-5-10(12(18)15-13)19-8(9)2/h5,7H,3-4,6,13H2,1-2H3,(H,14,17)(H,15,18). The highest BCUT2D eigenvalue weighted by molar-refractivity contribution is 5.91. The van der Waals surface area contributed by atoms with Crippen molar-refractivity contribution in [2.45, 2.75) is 26.4 Å². The van der Waals surface area contributed by atoms with Gasteiger partial charge in [-0.25, -0.2) is 5.84 Å². The average Bonchev–Trinajstić information content (AvgIpc) is 2.75. The van der Waals surface area contributed by atoms with Crippen molar-refractivity contribution in [2.24, 2.45) is 5.84 Å². The molecule has 1 aliphatic rings. The summed E-state index contributed by atoms with van der Waals surface area (Å²) in [6.07, 6.45) is 0. The van der Waals surface area contributed by atoms with Crippen molar-refractivity contribution in [1.82, 2.24) is 15.6 Å². The van der Waals surface area contributed by atoms with Gasteiger partial charge in [-0.2, -0.15) is 0 Å². The molecule has 1 fully saturated rings. The highest BCUT2D eigenvalue weighted by Gasteiger charge is 2.26. The van der Waals surface area contributed by atoms with Crippen molar-refractivity contribution in [1.29, 1.82) is 0 Å². The molecule has 2 heterocycles. The van der Waals surface area contributed by atoms with Crippen LogP contribution in [0, 0.1) is 6.92 Å². The summed E-state index contributed by atoms with van der Waals surface area (Å²) in [5, 5.41) is 2.81. The van der Waals surface area contributed by atoms with E-state index in [0.29, 0.717) is 18.8 Å². The predicted octanol–water partition coefficient (Wildman–Crippen LogP) is -0.488. The summed E-state index contributed by atoms with van der Waals surface area (Å²) in [6, 6.07) is 1.48. The fourth-order valence-electron chi connectivity index (χ4n) is 2.12. The number of aryl methyl sites for hydroxylation is 1. The quantitative estimate of drug-likeness (QED) is 0.389. The molecule has 7 nitrogen and oxygen atoms in total. The van der Waals surface area contributed by atoms with Gasteiger partial charge in [-0.3, -0.25) is 19.9 Å². The van der Waals surface area contributed by atoms with Crippen LogP contribution in [0.4, 0.5) is 0 Å². The van der Waals surface area contributed by atoms with Crippen LogP contribution in [0.15, 0.2) is 10.5 Å². The zero-order valence-electron chi connectivity index (χ0n) is 11.0. The van der Waals surface area contributed by atoms with Gasteiger partial charge in [0.25, 0.3) is 0 Å². The molecule has 4 N–H and O–H groups in total. The van der Waals surface area contributed by atoms with Crippen LogP contribution >= 0.6 is 0 Å². The Morgan fingerprint density at radius 2 is 2.42 bits per heavy atom. The van der Waals surface area contributed by atoms with Crippen LogP contribution in [-0.4, -0.2) is 35.8 Å². The molecule has 1 aliphatic heterocycles. The number of hydrazine groups is 1. The predicted molar refractivity (Wildman–Crippen MR) is 68.0 cm³/mol. The second-order valence-electron chi connectivity index (χ2n) is 4.60. The van der Waals surface area contributed by atoms with Gasteiger partial charge in [-0.05, 0) is 19.9 Å². The monoisotopic (exact) mass is 266 g/mol.